The Morgan fingerprint density at radius 1 is 1.13 bits per heavy atom. The van der Waals surface area contributed by atoms with E-state index in [9.17, 15) is 0 Å². The topological polar surface area (TPSA) is 83.1 Å². The van der Waals surface area contributed by atoms with E-state index in [0.717, 1.165) is 34.3 Å². The van der Waals surface area contributed by atoms with Crippen LogP contribution in [0.3, 0.4) is 0 Å². The fourth-order valence-electron chi connectivity index (χ4n) is 3.96. The number of hydrogen-bond donors (Lipinski definition) is 0. The van der Waals surface area contributed by atoms with Crippen LogP contribution in [0.5, 0.6) is 11.5 Å². The van der Waals surface area contributed by atoms with Gasteiger partial charge in [-0.3, -0.25) is 0 Å². The fourth-order valence-corrected chi connectivity index (χ4v) is 5.19. The molecule has 31 heavy (non-hydrogen) atoms. The molecule has 9 heteroatoms. The first-order valence-corrected chi connectivity index (χ1v) is 11.1. The van der Waals surface area contributed by atoms with Crippen molar-refractivity contribution in [3.63, 3.8) is 0 Å². The maximum Gasteiger partial charge on any atom is 0.192 e. The van der Waals surface area contributed by atoms with Gasteiger partial charge in [0.1, 0.15) is 11.2 Å². The smallest absolute Gasteiger partial charge is 0.192 e. The number of hydrogen-bond acceptors (Lipinski definition) is 8. The average Bonchev–Trinajstić information content (AvgIpc) is 3.29. The third-order valence-electron chi connectivity index (χ3n) is 5.46. The Bertz CT molecular complexity index is 1260. The van der Waals surface area contributed by atoms with Gasteiger partial charge in [-0.2, -0.15) is 0 Å². The molecule has 0 saturated carbocycles. The molecule has 0 amide bonds. The highest BCUT2D eigenvalue weighted by Crippen LogP contribution is 2.36. The second-order valence-corrected chi connectivity index (χ2v) is 8.49. The Morgan fingerprint density at radius 3 is 2.87 bits per heavy atom. The van der Waals surface area contributed by atoms with E-state index in [1.165, 1.54) is 29.7 Å². The number of fused-ring (bicyclic) bond motifs is 5. The van der Waals surface area contributed by atoms with Gasteiger partial charge in [-0.05, 0) is 49.4 Å². The van der Waals surface area contributed by atoms with E-state index < -0.39 is 0 Å². The van der Waals surface area contributed by atoms with Crippen molar-refractivity contribution in [1.82, 2.24) is 19.6 Å². The van der Waals surface area contributed by atoms with Gasteiger partial charge >= 0.3 is 0 Å². The van der Waals surface area contributed by atoms with Crippen molar-refractivity contribution in [2.24, 2.45) is 5.16 Å². The summed E-state index contributed by atoms with van der Waals surface area (Å²) in [5.74, 6) is 1.88. The molecular weight excluding hydrogens is 414 g/mol. The van der Waals surface area contributed by atoms with E-state index >= 15 is 0 Å². The highest BCUT2D eigenvalue weighted by Gasteiger charge is 2.20. The van der Waals surface area contributed by atoms with Gasteiger partial charge in [-0.1, -0.05) is 11.6 Å². The highest BCUT2D eigenvalue weighted by molar-refractivity contribution is 7.19. The summed E-state index contributed by atoms with van der Waals surface area (Å²) >= 11 is 1.80. The standard InChI is InChI=1S/C22H23N5O3S/c1-28-16-9-8-14(10-17(16)29-2)11-24-30-12-19-25-21-20-15-6-4-3-5-7-18(15)31-22(20)23-13-27(21)26-19/h8-11,13H,3-7,12H2,1-2H3/b24-11+. The van der Waals surface area contributed by atoms with Crippen LogP contribution < -0.4 is 9.47 Å². The van der Waals surface area contributed by atoms with E-state index in [0.29, 0.717) is 17.3 Å². The minimum absolute atomic E-state index is 0.180. The second kappa shape index (κ2) is 8.50. The SMILES string of the molecule is COc1ccc(/C=N/OCc2nc3c4c5c(sc4ncn3n2)CCCCC5)cc1OC. The summed E-state index contributed by atoms with van der Waals surface area (Å²) in [6.07, 6.45) is 9.33. The monoisotopic (exact) mass is 437 g/mol. The Kier molecular flexibility index (Phi) is 5.42. The normalized spacial score (nSPS) is 14.1. The van der Waals surface area contributed by atoms with E-state index in [2.05, 4.69) is 15.2 Å². The second-order valence-electron chi connectivity index (χ2n) is 7.41. The van der Waals surface area contributed by atoms with E-state index in [1.807, 2.05) is 18.2 Å². The molecule has 0 aliphatic heterocycles. The predicted octanol–water partition coefficient (Wildman–Crippen LogP) is 4.18. The minimum atomic E-state index is 0.180. The van der Waals surface area contributed by atoms with Crippen molar-refractivity contribution < 1.29 is 14.3 Å². The maximum atomic E-state index is 5.45. The first kappa shape index (κ1) is 19.7. The molecule has 8 nitrogen and oxygen atoms in total. The first-order chi connectivity index (χ1) is 15.3. The summed E-state index contributed by atoms with van der Waals surface area (Å²) in [5, 5.41) is 9.72. The number of aromatic nitrogens is 4. The molecule has 4 aromatic rings. The molecule has 0 bridgehead atoms. The van der Waals surface area contributed by atoms with Crippen LogP contribution in [0.1, 0.15) is 41.1 Å². The average molecular weight is 438 g/mol. The van der Waals surface area contributed by atoms with Crippen LogP contribution in [0.4, 0.5) is 0 Å². The van der Waals surface area contributed by atoms with Gasteiger partial charge in [-0.25, -0.2) is 14.5 Å². The number of benzene rings is 1. The van der Waals surface area contributed by atoms with E-state index in [-0.39, 0.29) is 6.61 Å². The molecule has 3 heterocycles. The molecule has 0 atom stereocenters. The zero-order valence-electron chi connectivity index (χ0n) is 17.5. The third kappa shape index (κ3) is 3.81. The number of ether oxygens (including phenoxy) is 2. The van der Waals surface area contributed by atoms with Gasteiger partial charge in [0.25, 0.3) is 0 Å². The molecule has 0 saturated heterocycles. The van der Waals surface area contributed by atoms with Crippen molar-refractivity contribution in [3.05, 3.63) is 46.4 Å². The molecule has 0 N–H and O–H groups in total. The van der Waals surface area contributed by atoms with Crippen LogP contribution in [-0.2, 0) is 24.3 Å². The summed E-state index contributed by atoms with van der Waals surface area (Å²) in [6, 6.07) is 5.54. The Hall–Kier alpha value is -3.20. The molecule has 3 aromatic heterocycles. The van der Waals surface area contributed by atoms with Crippen molar-refractivity contribution >= 4 is 33.4 Å². The largest absolute Gasteiger partial charge is 0.493 e. The lowest BCUT2D eigenvalue weighted by molar-refractivity contribution is 0.126. The van der Waals surface area contributed by atoms with Crippen molar-refractivity contribution in [3.8, 4) is 11.5 Å². The van der Waals surface area contributed by atoms with E-state index in [1.54, 1.807) is 42.6 Å². The Morgan fingerprint density at radius 2 is 2.00 bits per heavy atom. The molecule has 0 unspecified atom stereocenters. The third-order valence-corrected chi connectivity index (χ3v) is 6.66. The van der Waals surface area contributed by atoms with Gasteiger partial charge in [0, 0.05) is 10.4 Å². The maximum absolute atomic E-state index is 5.45. The van der Waals surface area contributed by atoms with Crippen LogP contribution >= 0.6 is 11.3 Å². The Balaban J connectivity index is 1.35. The van der Waals surface area contributed by atoms with Crippen LogP contribution in [0.2, 0.25) is 0 Å². The molecule has 5 rings (SSSR count). The minimum Gasteiger partial charge on any atom is -0.493 e. The molecule has 1 aliphatic carbocycles. The number of rotatable bonds is 6. The molecular formula is C22H23N5O3S. The van der Waals surface area contributed by atoms with Gasteiger partial charge in [0.2, 0.25) is 0 Å². The quantitative estimate of drug-likeness (QED) is 0.256. The molecule has 1 aromatic carbocycles. The van der Waals surface area contributed by atoms with Crippen LogP contribution in [-0.4, -0.2) is 40.0 Å². The molecule has 1 aliphatic rings. The lowest BCUT2D eigenvalue weighted by Crippen LogP contribution is -1.94. The van der Waals surface area contributed by atoms with Crippen LogP contribution in [0.25, 0.3) is 15.9 Å². The van der Waals surface area contributed by atoms with Crippen LogP contribution in [0.15, 0.2) is 29.7 Å². The number of oxime groups is 1. The van der Waals surface area contributed by atoms with Gasteiger partial charge in [-0.15, -0.1) is 16.4 Å². The number of thiophene rings is 1. The number of nitrogens with zero attached hydrogens (tertiary/aromatic N) is 5. The molecule has 0 fully saturated rings. The zero-order valence-corrected chi connectivity index (χ0v) is 18.3. The number of methoxy groups -OCH3 is 2. The predicted molar refractivity (Wildman–Crippen MR) is 119 cm³/mol. The summed E-state index contributed by atoms with van der Waals surface area (Å²) in [7, 11) is 3.20. The van der Waals surface area contributed by atoms with Crippen molar-refractivity contribution in [2.45, 2.75) is 38.7 Å². The first-order valence-electron chi connectivity index (χ1n) is 10.3. The highest BCUT2D eigenvalue weighted by atomic mass is 32.1. The lowest BCUT2D eigenvalue weighted by Gasteiger charge is -2.07. The zero-order chi connectivity index (χ0) is 21.2. The van der Waals surface area contributed by atoms with Crippen LogP contribution in [0, 0.1) is 0 Å². The Labute approximate surface area is 183 Å². The summed E-state index contributed by atoms with van der Waals surface area (Å²) in [6.45, 7) is 0.180. The number of aryl methyl sites for hydroxylation is 2. The van der Waals surface area contributed by atoms with Gasteiger partial charge in [0.15, 0.2) is 29.6 Å². The van der Waals surface area contributed by atoms with Gasteiger partial charge in [0.05, 0.1) is 25.8 Å². The summed E-state index contributed by atoms with van der Waals surface area (Å²) in [4.78, 5) is 17.3. The van der Waals surface area contributed by atoms with Crippen molar-refractivity contribution in [1.29, 1.82) is 0 Å². The lowest BCUT2D eigenvalue weighted by atomic mass is 10.1. The summed E-state index contributed by atoms with van der Waals surface area (Å²) in [5.41, 5.74) is 3.10. The van der Waals surface area contributed by atoms with Gasteiger partial charge < -0.3 is 14.3 Å². The summed E-state index contributed by atoms with van der Waals surface area (Å²) < 4.78 is 12.3. The van der Waals surface area contributed by atoms with Crippen molar-refractivity contribution in [2.75, 3.05) is 14.2 Å². The molecule has 0 radical (unpaired) electrons. The fraction of sp³-hybridized carbons (Fsp3) is 0.364. The molecule has 0 spiro atoms. The molecule has 160 valence electrons. The van der Waals surface area contributed by atoms with E-state index in [4.69, 9.17) is 19.3 Å².